The molecule has 0 unspecified atom stereocenters. The van der Waals surface area contributed by atoms with Crippen LogP contribution in [0, 0.1) is 0 Å². The van der Waals surface area contributed by atoms with Crippen molar-refractivity contribution in [2.24, 2.45) is 0 Å². The minimum Gasteiger partial charge on any atom is -0.508 e. The Labute approximate surface area is 138 Å². The van der Waals surface area contributed by atoms with Crippen molar-refractivity contribution >= 4 is 17.4 Å². The van der Waals surface area contributed by atoms with Crippen LogP contribution >= 0.6 is 11.3 Å². The van der Waals surface area contributed by atoms with Gasteiger partial charge in [0.1, 0.15) is 16.9 Å². The van der Waals surface area contributed by atoms with Crippen LogP contribution in [-0.4, -0.2) is 40.7 Å². The number of morpholine rings is 1. The van der Waals surface area contributed by atoms with Gasteiger partial charge < -0.3 is 20.1 Å². The fraction of sp³-hybridized carbons (Fsp3) is 0.375. The van der Waals surface area contributed by atoms with Crippen molar-refractivity contribution < 1.29 is 14.6 Å². The standard InChI is InChI=1S/C16H19N3O3S/c1-11(12-3-2-4-13(20)9-12)18-16(21)19-6-7-22-14(10-19)15-17-5-8-23-15/h2-5,8-9,11,14,20H,6-7,10H2,1H3,(H,18,21)/t11-,14+/m1/s1. The van der Waals surface area contributed by atoms with Gasteiger partial charge in [0.15, 0.2) is 0 Å². The van der Waals surface area contributed by atoms with Crippen LogP contribution in [-0.2, 0) is 4.74 Å². The number of hydrogen-bond donors (Lipinski definition) is 2. The van der Waals surface area contributed by atoms with Crippen LogP contribution in [0.4, 0.5) is 4.79 Å². The Bertz CT molecular complexity index is 662. The highest BCUT2D eigenvalue weighted by Gasteiger charge is 2.27. The second-order valence-electron chi connectivity index (χ2n) is 5.44. The number of aromatic hydroxyl groups is 1. The topological polar surface area (TPSA) is 74.7 Å². The molecule has 0 saturated carbocycles. The first-order valence-electron chi connectivity index (χ1n) is 7.49. The lowest BCUT2D eigenvalue weighted by atomic mass is 10.1. The largest absolute Gasteiger partial charge is 0.508 e. The molecular formula is C16H19N3O3S. The molecule has 0 aliphatic carbocycles. The second kappa shape index (κ2) is 6.97. The molecule has 1 aliphatic heterocycles. The highest BCUT2D eigenvalue weighted by molar-refractivity contribution is 7.09. The Balaban J connectivity index is 1.61. The Morgan fingerprint density at radius 3 is 3.17 bits per heavy atom. The number of rotatable bonds is 3. The maximum absolute atomic E-state index is 12.5. The predicted molar refractivity (Wildman–Crippen MR) is 87.4 cm³/mol. The lowest BCUT2D eigenvalue weighted by Crippen LogP contribution is -2.47. The number of nitrogens with one attached hydrogen (secondary N) is 1. The zero-order valence-corrected chi connectivity index (χ0v) is 13.6. The Morgan fingerprint density at radius 1 is 1.57 bits per heavy atom. The van der Waals surface area contributed by atoms with Gasteiger partial charge in [-0.15, -0.1) is 11.3 Å². The number of phenols is 1. The number of aromatic nitrogens is 1. The fourth-order valence-electron chi connectivity index (χ4n) is 2.53. The summed E-state index contributed by atoms with van der Waals surface area (Å²) in [7, 11) is 0. The molecule has 0 spiro atoms. The van der Waals surface area contributed by atoms with Crippen LogP contribution in [0.1, 0.15) is 29.6 Å². The zero-order chi connectivity index (χ0) is 16.2. The third-order valence-electron chi connectivity index (χ3n) is 3.79. The normalized spacial score (nSPS) is 19.3. The summed E-state index contributed by atoms with van der Waals surface area (Å²) in [6.45, 7) is 3.44. The summed E-state index contributed by atoms with van der Waals surface area (Å²) in [5.74, 6) is 0.193. The number of carbonyl (C=O) groups is 1. The first-order valence-corrected chi connectivity index (χ1v) is 8.37. The number of urea groups is 1. The average Bonchev–Trinajstić information content (AvgIpc) is 3.09. The lowest BCUT2D eigenvalue weighted by Gasteiger charge is -2.33. The number of ether oxygens (including phenoxy) is 1. The summed E-state index contributed by atoms with van der Waals surface area (Å²) >= 11 is 1.53. The van der Waals surface area contributed by atoms with E-state index in [1.807, 2.05) is 18.4 Å². The third-order valence-corrected chi connectivity index (χ3v) is 4.66. The number of carbonyl (C=O) groups excluding carboxylic acids is 1. The molecule has 0 radical (unpaired) electrons. The molecule has 1 saturated heterocycles. The molecule has 6 nitrogen and oxygen atoms in total. The van der Waals surface area contributed by atoms with Gasteiger partial charge in [-0.05, 0) is 24.6 Å². The number of amides is 2. The molecule has 1 fully saturated rings. The van der Waals surface area contributed by atoms with Crippen molar-refractivity contribution in [2.45, 2.75) is 19.1 Å². The van der Waals surface area contributed by atoms with Crippen LogP contribution in [0.25, 0.3) is 0 Å². The van der Waals surface area contributed by atoms with Crippen molar-refractivity contribution in [3.05, 3.63) is 46.4 Å². The average molecular weight is 333 g/mol. The molecule has 122 valence electrons. The van der Waals surface area contributed by atoms with Crippen LogP contribution < -0.4 is 5.32 Å². The zero-order valence-electron chi connectivity index (χ0n) is 12.8. The maximum Gasteiger partial charge on any atom is 0.318 e. The van der Waals surface area contributed by atoms with E-state index >= 15 is 0 Å². The quantitative estimate of drug-likeness (QED) is 0.905. The number of phenolic OH excluding ortho intramolecular Hbond substituents is 1. The van der Waals surface area contributed by atoms with Gasteiger partial charge in [-0.2, -0.15) is 0 Å². The highest BCUT2D eigenvalue weighted by Crippen LogP contribution is 2.24. The van der Waals surface area contributed by atoms with Crippen molar-refractivity contribution in [1.29, 1.82) is 0 Å². The predicted octanol–water partition coefficient (Wildman–Crippen LogP) is 2.69. The molecular weight excluding hydrogens is 314 g/mol. The first kappa shape index (κ1) is 15.8. The third kappa shape index (κ3) is 3.80. The molecule has 1 aliphatic rings. The van der Waals surface area contributed by atoms with Crippen LogP contribution in [0.2, 0.25) is 0 Å². The molecule has 2 amide bonds. The summed E-state index contributed by atoms with van der Waals surface area (Å²) in [5, 5.41) is 15.3. The molecule has 0 bridgehead atoms. The summed E-state index contributed by atoms with van der Waals surface area (Å²) in [5.41, 5.74) is 0.864. The van der Waals surface area contributed by atoms with Gasteiger partial charge >= 0.3 is 6.03 Å². The van der Waals surface area contributed by atoms with Gasteiger partial charge in [-0.1, -0.05) is 12.1 Å². The smallest absolute Gasteiger partial charge is 0.318 e. The van der Waals surface area contributed by atoms with Crippen molar-refractivity contribution in [3.63, 3.8) is 0 Å². The number of benzene rings is 1. The molecule has 7 heteroatoms. The van der Waals surface area contributed by atoms with Gasteiger partial charge in [0.25, 0.3) is 0 Å². The molecule has 1 aromatic heterocycles. The van der Waals surface area contributed by atoms with Crippen molar-refractivity contribution in [3.8, 4) is 5.75 Å². The number of thiazole rings is 1. The van der Waals surface area contributed by atoms with Gasteiger partial charge in [-0.25, -0.2) is 9.78 Å². The van der Waals surface area contributed by atoms with Gasteiger partial charge in [0.05, 0.1) is 19.2 Å². The Kier molecular flexibility index (Phi) is 4.78. The van der Waals surface area contributed by atoms with Crippen LogP contribution in [0.5, 0.6) is 5.75 Å². The second-order valence-corrected chi connectivity index (χ2v) is 6.37. The summed E-state index contributed by atoms with van der Waals surface area (Å²) < 4.78 is 5.70. The maximum atomic E-state index is 12.5. The van der Waals surface area contributed by atoms with E-state index in [1.165, 1.54) is 11.3 Å². The van der Waals surface area contributed by atoms with Crippen LogP contribution in [0.15, 0.2) is 35.8 Å². The van der Waals surface area contributed by atoms with E-state index in [-0.39, 0.29) is 23.9 Å². The molecule has 2 aromatic rings. The minimum absolute atomic E-state index is 0.134. The fourth-order valence-corrected chi connectivity index (χ4v) is 3.21. The van der Waals surface area contributed by atoms with Gasteiger partial charge in [0, 0.05) is 18.1 Å². The van der Waals surface area contributed by atoms with E-state index in [2.05, 4.69) is 10.3 Å². The van der Waals surface area contributed by atoms with Crippen molar-refractivity contribution in [2.75, 3.05) is 19.7 Å². The number of hydrogen-bond acceptors (Lipinski definition) is 5. The van der Waals surface area contributed by atoms with E-state index in [0.29, 0.717) is 19.7 Å². The van der Waals surface area contributed by atoms with Gasteiger partial charge in [0.2, 0.25) is 0 Å². The molecule has 2 atom stereocenters. The molecule has 3 rings (SSSR count). The Morgan fingerprint density at radius 2 is 2.43 bits per heavy atom. The molecule has 2 N–H and O–H groups in total. The minimum atomic E-state index is -0.184. The molecule has 1 aromatic carbocycles. The monoisotopic (exact) mass is 333 g/mol. The van der Waals surface area contributed by atoms with Crippen molar-refractivity contribution in [1.82, 2.24) is 15.2 Å². The summed E-state index contributed by atoms with van der Waals surface area (Å²) in [6, 6.07) is 6.59. The SMILES string of the molecule is C[C@@H](NC(=O)N1CCO[C@H](c2nccs2)C1)c1cccc(O)c1. The summed E-state index contributed by atoms with van der Waals surface area (Å²) in [4.78, 5) is 18.5. The Hall–Kier alpha value is -2.12. The highest BCUT2D eigenvalue weighted by atomic mass is 32.1. The lowest BCUT2D eigenvalue weighted by molar-refractivity contribution is -0.0158. The van der Waals surface area contributed by atoms with E-state index in [1.54, 1.807) is 29.3 Å². The number of nitrogens with zero attached hydrogens (tertiary/aromatic N) is 2. The van der Waals surface area contributed by atoms with E-state index < -0.39 is 0 Å². The molecule has 23 heavy (non-hydrogen) atoms. The molecule has 2 heterocycles. The van der Waals surface area contributed by atoms with E-state index in [4.69, 9.17) is 4.74 Å². The van der Waals surface area contributed by atoms with E-state index in [0.717, 1.165) is 10.6 Å². The van der Waals surface area contributed by atoms with E-state index in [9.17, 15) is 9.90 Å². The summed E-state index contributed by atoms with van der Waals surface area (Å²) in [6.07, 6.45) is 1.58. The van der Waals surface area contributed by atoms with Crippen LogP contribution in [0.3, 0.4) is 0 Å². The van der Waals surface area contributed by atoms with Gasteiger partial charge in [-0.3, -0.25) is 0 Å². The first-order chi connectivity index (χ1) is 11.1.